The second-order valence-electron chi connectivity index (χ2n) is 6.95. The average molecular weight is 374 g/mol. The molecule has 6 heteroatoms. The van der Waals surface area contributed by atoms with E-state index >= 15 is 0 Å². The predicted octanol–water partition coefficient (Wildman–Crippen LogP) is 3.72. The minimum absolute atomic E-state index is 0.131. The van der Waals surface area contributed by atoms with Crippen LogP contribution in [0.2, 0.25) is 0 Å². The van der Waals surface area contributed by atoms with Gasteiger partial charge in [-0.1, -0.05) is 31.2 Å². The van der Waals surface area contributed by atoms with Gasteiger partial charge < -0.3 is 5.32 Å². The number of aryl methyl sites for hydroxylation is 2. The number of anilines is 1. The Hall–Kier alpha value is -3.41. The van der Waals surface area contributed by atoms with Gasteiger partial charge in [-0.3, -0.25) is 14.3 Å². The van der Waals surface area contributed by atoms with Crippen LogP contribution in [0.15, 0.2) is 59.4 Å². The third-order valence-corrected chi connectivity index (χ3v) is 5.04. The molecule has 2 aromatic carbocycles. The first-order valence-electron chi connectivity index (χ1n) is 9.39. The lowest BCUT2D eigenvalue weighted by Gasteiger charge is -2.18. The maximum atomic E-state index is 13.0. The number of benzene rings is 2. The smallest absolute Gasteiger partial charge is 0.273 e. The molecule has 0 radical (unpaired) electrons. The SMILES string of the molecule is CCc1cccc(NC(=O)C(C)n2c3ccccc3c3nc(=O)cc(C)n32)c1. The fourth-order valence-electron chi connectivity index (χ4n) is 3.62. The molecule has 6 nitrogen and oxygen atoms in total. The standard InChI is InChI=1S/C22H22N4O2/c1-4-16-8-7-9-17(13-16)23-22(28)15(3)26-19-11-6-5-10-18(19)21-24-20(27)12-14(2)25(21)26/h5-13,15H,4H2,1-3H3,(H,23,28). The van der Waals surface area contributed by atoms with E-state index in [1.807, 2.05) is 71.6 Å². The van der Waals surface area contributed by atoms with Crippen LogP contribution in [-0.2, 0) is 11.2 Å². The lowest BCUT2D eigenvalue weighted by molar-refractivity contribution is -0.119. The highest BCUT2D eigenvalue weighted by Gasteiger charge is 2.22. The monoisotopic (exact) mass is 374 g/mol. The zero-order valence-electron chi connectivity index (χ0n) is 16.1. The summed E-state index contributed by atoms with van der Waals surface area (Å²) >= 11 is 0. The van der Waals surface area contributed by atoms with Crippen molar-refractivity contribution in [3.8, 4) is 0 Å². The van der Waals surface area contributed by atoms with E-state index in [0.717, 1.165) is 28.7 Å². The Morgan fingerprint density at radius 1 is 1.14 bits per heavy atom. The zero-order chi connectivity index (χ0) is 19.8. The molecule has 1 unspecified atom stereocenters. The number of nitrogens with zero attached hydrogens (tertiary/aromatic N) is 3. The lowest BCUT2D eigenvalue weighted by atomic mass is 10.1. The molecule has 0 spiro atoms. The molecule has 142 valence electrons. The highest BCUT2D eigenvalue weighted by molar-refractivity contribution is 5.97. The lowest BCUT2D eigenvalue weighted by Crippen LogP contribution is -2.27. The van der Waals surface area contributed by atoms with Crippen molar-refractivity contribution in [2.24, 2.45) is 0 Å². The molecule has 0 aliphatic heterocycles. The fourth-order valence-corrected chi connectivity index (χ4v) is 3.62. The van der Waals surface area contributed by atoms with Crippen molar-refractivity contribution in [1.29, 1.82) is 0 Å². The van der Waals surface area contributed by atoms with Gasteiger partial charge in [0.2, 0.25) is 5.91 Å². The van der Waals surface area contributed by atoms with Gasteiger partial charge >= 0.3 is 0 Å². The third kappa shape index (κ3) is 2.97. The normalized spacial score (nSPS) is 12.4. The van der Waals surface area contributed by atoms with Crippen LogP contribution in [-0.4, -0.2) is 20.1 Å². The number of fused-ring (bicyclic) bond motifs is 3. The Balaban J connectivity index is 1.83. The van der Waals surface area contributed by atoms with Gasteiger partial charge in [-0.15, -0.1) is 0 Å². The fraction of sp³-hybridized carbons (Fsp3) is 0.227. The summed E-state index contributed by atoms with van der Waals surface area (Å²) in [6.07, 6.45) is 0.907. The van der Waals surface area contributed by atoms with E-state index in [1.165, 1.54) is 11.6 Å². The molecule has 0 saturated carbocycles. The highest BCUT2D eigenvalue weighted by atomic mass is 16.2. The molecule has 28 heavy (non-hydrogen) atoms. The summed E-state index contributed by atoms with van der Waals surface area (Å²) in [4.78, 5) is 29.2. The van der Waals surface area contributed by atoms with Crippen LogP contribution in [0.25, 0.3) is 16.6 Å². The van der Waals surface area contributed by atoms with Gasteiger partial charge in [0, 0.05) is 22.8 Å². The molecule has 4 aromatic rings. The summed E-state index contributed by atoms with van der Waals surface area (Å²) < 4.78 is 3.74. The van der Waals surface area contributed by atoms with Crippen molar-refractivity contribution in [3.05, 3.63) is 76.2 Å². The summed E-state index contributed by atoms with van der Waals surface area (Å²) in [7, 11) is 0. The Morgan fingerprint density at radius 2 is 1.93 bits per heavy atom. The zero-order valence-corrected chi connectivity index (χ0v) is 16.1. The molecule has 0 fully saturated rings. The van der Waals surface area contributed by atoms with Crippen LogP contribution in [0, 0.1) is 6.92 Å². The first-order chi connectivity index (χ1) is 13.5. The number of hydrogen-bond donors (Lipinski definition) is 1. The Labute approximate surface area is 162 Å². The van der Waals surface area contributed by atoms with Crippen LogP contribution >= 0.6 is 0 Å². The molecule has 1 N–H and O–H groups in total. The van der Waals surface area contributed by atoms with E-state index in [4.69, 9.17) is 0 Å². The van der Waals surface area contributed by atoms with Crippen molar-refractivity contribution >= 4 is 28.1 Å². The van der Waals surface area contributed by atoms with Crippen molar-refractivity contribution in [3.63, 3.8) is 0 Å². The van der Waals surface area contributed by atoms with Crippen molar-refractivity contribution in [1.82, 2.24) is 14.2 Å². The van der Waals surface area contributed by atoms with Gasteiger partial charge in [0.1, 0.15) is 6.04 Å². The van der Waals surface area contributed by atoms with Gasteiger partial charge in [0.05, 0.1) is 5.52 Å². The van der Waals surface area contributed by atoms with E-state index in [2.05, 4.69) is 17.2 Å². The first kappa shape index (κ1) is 18.0. The van der Waals surface area contributed by atoms with E-state index in [0.29, 0.717) is 5.65 Å². The molecule has 0 aliphatic rings. The van der Waals surface area contributed by atoms with Crippen LogP contribution in [0.3, 0.4) is 0 Å². The Kier molecular flexibility index (Phi) is 4.47. The van der Waals surface area contributed by atoms with Crippen LogP contribution < -0.4 is 10.9 Å². The van der Waals surface area contributed by atoms with Crippen molar-refractivity contribution in [2.45, 2.75) is 33.2 Å². The van der Waals surface area contributed by atoms with Gasteiger partial charge in [0.15, 0.2) is 5.65 Å². The van der Waals surface area contributed by atoms with Crippen molar-refractivity contribution < 1.29 is 4.79 Å². The molecule has 2 heterocycles. The summed E-state index contributed by atoms with van der Waals surface area (Å²) in [5.41, 5.74) is 3.81. The maximum Gasteiger partial charge on any atom is 0.273 e. The number of carbonyl (C=O) groups excluding carboxylic acids is 1. The van der Waals surface area contributed by atoms with E-state index < -0.39 is 6.04 Å². The van der Waals surface area contributed by atoms with Gasteiger partial charge in [-0.05, 0) is 50.1 Å². The quantitative estimate of drug-likeness (QED) is 0.592. The largest absolute Gasteiger partial charge is 0.324 e. The number of aromatic nitrogens is 3. The number of rotatable bonds is 4. The maximum absolute atomic E-state index is 13.0. The summed E-state index contributed by atoms with van der Waals surface area (Å²) in [6.45, 7) is 5.78. The average Bonchev–Trinajstić information content (AvgIpc) is 3.02. The molecule has 1 amide bonds. The number of para-hydroxylation sites is 1. The second-order valence-corrected chi connectivity index (χ2v) is 6.95. The van der Waals surface area contributed by atoms with E-state index in [-0.39, 0.29) is 11.5 Å². The molecule has 4 rings (SSSR count). The molecule has 2 aromatic heterocycles. The topological polar surface area (TPSA) is 68.4 Å². The predicted molar refractivity (Wildman–Crippen MR) is 111 cm³/mol. The summed E-state index contributed by atoms with van der Waals surface area (Å²) in [5.74, 6) is -0.131. The van der Waals surface area contributed by atoms with E-state index in [9.17, 15) is 9.59 Å². The van der Waals surface area contributed by atoms with Gasteiger partial charge in [0.25, 0.3) is 5.56 Å². The van der Waals surface area contributed by atoms with Crippen LogP contribution in [0.1, 0.15) is 31.1 Å². The summed E-state index contributed by atoms with van der Waals surface area (Å²) in [6, 6.07) is 16.5. The third-order valence-electron chi connectivity index (χ3n) is 5.04. The highest BCUT2D eigenvalue weighted by Crippen LogP contribution is 2.25. The molecule has 0 aliphatic carbocycles. The molecular weight excluding hydrogens is 352 g/mol. The minimum atomic E-state index is -0.504. The van der Waals surface area contributed by atoms with Gasteiger partial charge in [-0.25, -0.2) is 4.52 Å². The number of hydrogen-bond acceptors (Lipinski definition) is 3. The van der Waals surface area contributed by atoms with Crippen LogP contribution in [0.5, 0.6) is 0 Å². The number of carbonyl (C=O) groups is 1. The summed E-state index contributed by atoms with van der Waals surface area (Å²) in [5, 5.41) is 3.85. The molecule has 0 bridgehead atoms. The molecule has 0 saturated heterocycles. The first-order valence-corrected chi connectivity index (χ1v) is 9.39. The Morgan fingerprint density at radius 3 is 2.71 bits per heavy atom. The number of amides is 1. The minimum Gasteiger partial charge on any atom is -0.324 e. The van der Waals surface area contributed by atoms with Crippen molar-refractivity contribution in [2.75, 3.05) is 5.32 Å². The number of nitrogens with one attached hydrogen (secondary N) is 1. The van der Waals surface area contributed by atoms with Crippen LogP contribution in [0.4, 0.5) is 5.69 Å². The molecular formula is C22H22N4O2. The molecule has 1 atom stereocenters. The second kappa shape index (κ2) is 6.96. The Bertz CT molecular complexity index is 1250. The van der Waals surface area contributed by atoms with E-state index in [1.54, 1.807) is 0 Å². The van der Waals surface area contributed by atoms with Gasteiger partial charge in [-0.2, -0.15) is 4.98 Å².